The molecular formula is C20H30N2O3. The number of benzene rings is 1. The SMILES string of the molecule is CCOC1=c2c(cccc2=C=O)N(CCCN(CC)CC)C1OCC. The number of ether oxygens (including phenoxy) is 2. The third kappa shape index (κ3) is 4.24. The molecule has 0 spiro atoms. The molecular weight excluding hydrogens is 316 g/mol. The van der Waals surface area contributed by atoms with Crippen LogP contribution in [0.4, 0.5) is 5.69 Å². The molecule has 0 amide bonds. The lowest BCUT2D eigenvalue weighted by molar-refractivity contribution is 0.0727. The van der Waals surface area contributed by atoms with Crippen molar-refractivity contribution < 1.29 is 14.3 Å². The summed E-state index contributed by atoms with van der Waals surface area (Å²) in [5.41, 5.74) is 1.00. The highest BCUT2D eigenvalue weighted by atomic mass is 16.5. The van der Waals surface area contributed by atoms with Gasteiger partial charge in [-0.3, -0.25) is 0 Å². The molecule has 1 aliphatic rings. The molecule has 5 nitrogen and oxygen atoms in total. The first-order valence-corrected chi connectivity index (χ1v) is 9.33. The van der Waals surface area contributed by atoms with E-state index in [0.29, 0.717) is 18.4 Å². The topological polar surface area (TPSA) is 42.0 Å². The van der Waals surface area contributed by atoms with Gasteiger partial charge < -0.3 is 19.3 Å². The summed E-state index contributed by atoms with van der Waals surface area (Å²) in [4.78, 5) is 16.0. The molecule has 5 heteroatoms. The van der Waals surface area contributed by atoms with Crippen LogP contribution >= 0.6 is 0 Å². The highest BCUT2D eigenvalue weighted by Gasteiger charge is 2.33. The molecule has 2 rings (SSSR count). The fourth-order valence-electron chi connectivity index (χ4n) is 3.38. The molecule has 0 aliphatic carbocycles. The Kier molecular flexibility index (Phi) is 7.51. The van der Waals surface area contributed by atoms with Crippen molar-refractivity contribution in [2.45, 2.75) is 40.3 Å². The Morgan fingerprint density at radius 1 is 1.16 bits per heavy atom. The summed E-state index contributed by atoms with van der Waals surface area (Å²) in [6.45, 7) is 13.4. The second-order valence-electron chi connectivity index (χ2n) is 5.98. The van der Waals surface area contributed by atoms with E-state index >= 15 is 0 Å². The van der Waals surface area contributed by atoms with Gasteiger partial charge >= 0.3 is 0 Å². The average molecular weight is 346 g/mol. The molecule has 1 aromatic carbocycles. The molecule has 1 heterocycles. The number of fused-ring (bicyclic) bond motifs is 1. The molecule has 0 saturated heterocycles. The van der Waals surface area contributed by atoms with Gasteiger partial charge in [0.25, 0.3) is 0 Å². The molecule has 1 unspecified atom stereocenters. The van der Waals surface area contributed by atoms with E-state index < -0.39 is 0 Å². The van der Waals surface area contributed by atoms with Gasteiger partial charge in [-0.05, 0) is 52.0 Å². The van der Waals surface area contributed by atoms with E-state index in [1.54, 1.807) is 6.07 Å². The van der Waals surface area contributed by atoms with E-state index in [2.05, 4.69) is 29.6 Å². The maximum atomic E-state index is 11.4. The number of nitrogens with zero attached hydrogens (tertiary/aromatic N) is 2. The van der Waals surface area contributed by atoms with Gasteiger partial charge in [0.05, 0.1) is 22.7 Å². The van der Waals surface area contributed by atoms with Crippen LogP contribution in [-0.2, 0) is 14.3 Å². The predicted molar refractivity (Wildman–Crippen MR) is 101 cm³/mol. The van der Waals surface area contributed by atoms with Crippen LogP contribution in [-0.4, -0.2) is 56.5 Å². The second-order valence-corrected chi connectivity index (χ2v) is 5.98. The molecule has 0 radical (unpaired) electrons. The monoisotopic (exact) mass is 346 g/mol. The maximum absolute atomic E-state index is 11.4. The van der Waals surface area contributed by atoms with Crippen molar-refractivity contribution in [1.82, 2.24) is 4.90 Å². The fourth-order valence-corrected chi connectivity index (χ4v) is 3.38. The van der Waals surface area contributed by atoms with Crippen LogP contribution in [0.3, 0.4) is 0 Å². The largest absolute Gasteiger partial charge is 0.493 e. The smallest absolute Gasteiger partial charge is 0.189 e. The van der Waals surface area contributed by atoms with Crippen LogP contribution in [0.25, 0.3) is 5.76 Å². The standard InChI is InChI=1S/C20H30N2O3/c1-5-21(6-2)13-10-14-22-17-12-9-11-16(15-23)18(17)19(24-7-3)20(22)25-8-4/h9,11-12,20H,5-8,10,13-14H2,1-4H3. The Morgan fingerprint density at radius 3 is 2.52 bits per heavy atom. The Balaban J connectivity index is 2.35. The Labute approximate surface area is 150 Å². The van der Waals surface area contributed by atoms with E-state index in [-0.39, 0.29) is 6.23 Å². The Morgan fingerprint density at radius 2 is 1.92 bits per heavy atom. The minimum atomic E-state index is -0.272. The van der Waals surface area contributed by atoms with Crippen molar-refractivity contribution in [2.75, 3.05) is 44.3 Å². The first-order valence-electron chi connectivity index (χ1n) is 9.33. The fraction of sp³-hybridized carbons (Fsp3) is 0.600. The van der Waals surface area contributed by atoms with Gasteiger partial charge in [0.15, 0.2) is 12.0 Å². The van der Waals surface area contributed by atoms with Gasteiger partial charge in [-0.25, -0.2) is 4.79 Å². The normalized spacial score (nSPS) is 16.3. The van der Waals surface area contributed by atoms with Crippen molar-refractivity contribution in [3.05, 3.63) is 28.6 Å². The highest BCUT2D eigenvalue weighted by molar-refractivity contribution is 5.69. The van der Waals surface area contributed by atoms with Crippen LogP contribution in [0.1, 0.15) is 34.1 Å². The van der Waals surface area contributed by atoms with Gasteiger partial charge in [-0.2, -0.15) is 0 Å². The summed E-state index contributed by atoms with van der Waals surface area (Å²) in [6, 6.07) is 5.72. The summed E-state index contributed by atoms with van der Waals surface area (Å²) >= 11 is 0. The third-order valence-corrected chi connectivity index (χ3v) is 4.61. The molecule has 0 aromatic heterocycles. The Hall–Kier alpha value is -1.81. The van der Waals surface area contributed by atoms with Crippen molar-refractivity contribution in [3.8, 4) is 0 Å². The zero-order valence-corrected chi connectivity index (χ0v) is 15.9. The molecule has 0 bridgehead atoms. The van der Waals surface area contributed by atoms with Crippen molar-refractivity contribution >= 4 is 17.4 Å². The van der Waals surface area contributed by atoms with E-state index in [1.807, 2.05) is 26.0 Å². The quantitative estimate of drug-likeness (QED) is 0.638. The van der Waals surface area contributed by atoms with Gasteiger partial charge in [0.2, 0.25) is 0 Å². The predicted octanol–water partition coefficient (Wildman–Crippen LogP) is 1.25. The molecule has 1 atom stereocenters. The average Bonchev–Trinajstić information content (AvgIpc) is 2.93. The van der Waals surface area contributed by atoms with Crippen LogP contribution in [0.15, 0.2) is 18.2 Å². The van der Waals surface area contributed by atoms with Crippen LogP contribution < -0.4 is 15.3 Å². The first kappa shape index (κ1) is 19.5. The zero-order chi connectivity index (χ0) is 18.2. The molecule has 0 N–H and O–H groups in total. The van der Waals surface area contributed by atoms with Gasteiger partial charge in [-0.1, -0.05) is 19.9 Å². The third-order valence-electron chi connectivity index (χ3n) is 4.61. The highest BCUT2D eigenvalue weighted by Crippen LogP contribution is 2.26. The van der Waals surface area contributed by atoms with E-state index in [4.69, 9.17) is 9.47 Å². The Bertz CT molecular complexity index is 693. The lowest BCUT2D eigenvalue weighted by Gasteiger charge is -2.30. The van der Waals surface area contributed by atoms with Crippen molar-refractivity contribution in [1.29, 1.82) is 0 Å². The first-order chi connectivity index (χ1) is 12.2. The molecule has 0 saturated carbocycles. The number of anilines is 1. The molecule has 25 heavy (non-hydrogen) atoms. The summed E-state index contributed by atoms with van der Waals surface area (Å²) in [6.07, 6.45) is 0.755. The van der Waals surface area contributed by atoms with Crippen LogP contribution in [0, 0.1) is 0 Å². The molecule has 1 aliphatic heterocycles. The summed E-state index contributed by atoms with van der Waals surface area (Å²) in [7, 11) is 0. The van der Waals surface area contributed by atoms with Crippen LogP contribution in [0.2, 0.25) is 0 Å². The van der Waals surface area contributed by atoms with Gasteiger partial charge in [-0.15, -0.1) is 0 Å². The lowest BCUT2D eigenvalue weighted by atomic mass is 10.2. The number of rotatable bonds is 10. The van der Waals surface area contributed by atoms with Gasteiger partial charge in [0, 0.05) is 13.2 Å². The number of carbonyl (C=O) groups excluding carboxylic acids is 1. The second kappa shape index (κ2) is 9.62. The maximum Gasteiger partial charge on any atom is 0.189 e. The van der Waals surface area contributed by atoms with Crippen molar-refractivity contribution in [3.63, 3.8) is 0 Å². The van der Waals surface area contributed by atoms with E-state index in [9.17, 15) is 4.79 Å². The van der Waals surface area contributed by atoms with E-state index in [0.717, 1.165) is 49.3 Å². The summed E-state index contributed by atoms with van der Waals surface area (Å²) in [5.74, 6) is 2.79. The molecule has 138 valence electrons. The number of hydrogen-bond acceptors (Lipinski definition) is 5. The van der Waals surface area contributed by atoms with E-state index in [1.165, 1.54) is 0 Å². The van der Waals surface area contributed by atoms with Gasteiger partial charge in [0.1, 0.15) is 5.94 Å². The molecule has 1 aromatic rings. The van der Waals surface area contributed by atoms with Crippen molar-refractivity contribution in [2.24, 2.45) is 0 Å². The van der Waals surface area contributed by atoms with Crippen LogP contribution in [0.5, 0.6) is 0 Å². The number of hydrogen-bond donors (Lipinski definition) is 0. The minimum Gasteiger partial charge on any atom is -0.493 e. The lowest BCUT2D eigenvalue weighted by Crippen LogP contribution is -2.38. The summed E-state index contributed by atoms with van der Waals surface area (Å²) < 4.78 is 11.9. The zero-order valence-electron chi connectivity index (χ0n) is 15.9. The minimum absolute atomic E-state index is 0.272. The summed E-state index contributed by atoms with van der Waals surface area (Å²) in [5, 5.41) is 1.37. The molecule has 0 fully saturated rings.